The van der Waals surface area contributed by atoms with Crippen LogP contribution in [0.1, 0.15) is 29.0 Å². The van der Waals surface area contributed by atoms with E-state index in [0.717, 1.165) is 5.56 Å². The number of hydrogen-bond donors (Lipinski definition) is 4. The molecule has 1 aromatic heterocycles. The fraction of sp³-hybridized carbons (Fsp3) is 0.167. The van der Waals surface area contributed by atoms with E-state index >= 15 is 0 Å². The van der Waals surface area contributed by atoms with Crippen molar-refractivity contribution >= 4 is 35.2 Å². The van der Waals surface area contributed by atoms with Gasteiger partial charge in [0, 0.05) is 17.8 Å². The lowest BCUT2D eigenvalue weighted by Crippen LogP contribution is -2.44. The van der Waals surface area contributed by atoms with Gasteiger partial charge in [-0.1, -0.05) is 36.4 Å². The Kier molecular flexibility index (Phi) is 8.39. The molecule has 2 aromatic carbocycles. The lowest BCUT2D eigenvalue weighted by Gasteiger charge is -2.18. The Morgan fingerprint density at radius 3 is 2.32 bits per heavy atom. The Hall–Kier alpha value is -4.60. The van der Waals surface area contributed by atoms with Crippen LogP contribution in [0.2, 0.25) is 0 Å². The third kappa shape index (κ3) is 7.52. The molecule has 176 valence electrons. The van der Waals surface area contributed by atoms with E-state index in [2.05, 4.69) is 16.0 Å². The number of nitrogens with two attached hydrogens (primary N) is 1. The second kappa shape index (κ2) is 11.9. The van der Waals surface area contributed by atoms with Gasteiger partial charge in [-0.3, -0.25) is 14.4 Å². The van der Waals surface area contributed by atoms with Crippen LogP contribution in [0.15, 0.2) is 77.4 Å². The van der Waals surface area contributed by atoms with Crippen molar-refractivity contribution in [2.75, 3.05) is 10.6 Å². The van der Waals surface area contributed by atoms with Crippen molar-refractivity contribution in [1.82, 2.24) is 5.32 Å². The maximum absolute atomic E-state index is 12.8. The zero-order chi connectivity index (χ0) is 24.3. The minimum atomic E-state index is -1.07. The molecule has 0 spiro atoms. The lowest BCUT2D eigenvalue weighted by molar-refractivity contribution is -0.119. The molecule has 3 rings (SSSR count). The number of hydrogen-bond acceptors (Lipinski definition) is 6. The second-order valence-corrected chi connectivity index (χ2v) is 7.27. The molecule has 0 saturated heterocycles. The number of amides is 4. The number of carbonyl (C=O) groups excluding carboxylic acids is 4. The van der Waals surface area contributed by atoms with Crippen LogP contribution in [-0.2, 0) is 20.9 Å². The van der Waals surface area contributed by atoms with Crippen molar-refractivity contribution in [2.45, 2.75) is 25.5 Å². The van der Waals surface area contributed by atoms with Crippen LogP contribution in [-0.4, -0.2) is 29.9 Å². The fourth-order valence-electron chi connectivity index (χ4n) is 2.97. The predicted octanol–water partition coefficient (Wildman–Crippen LogP) is 3.03. The van der Waals surface area contributed by atoms with Crippen molar-refractivity contribution in [3.8, 4) is 0 Å². The van der Waals surface area contributed by atoms with Crippen molar-refractivity contribution in [1.29, 1.82) is 0 Å². The quantitative estimate of drug-likeness (QED) is 0.362. The van der Waals surface area contributed by atoms with E-state index < -0.39 is 29.9 Å². The first-order valence-corrected chi connectivity index (χ1v) is 10.4. The summed E-state index contributed by atoms with van der Waals surface area (Å²) < 4.78 is 10.2. The first-order valence-electron chi connectivity index (χ1n) is 10.4. The molecule has 34 heavy (non-hydrogen) atoms. The van der Waals surface area contributed by atoms with Gasteiger partial charge >= 0.3 is 6.09 Å². The molecule has 5 N–H and O–H groups in total. The molecule has 10 nitrogen and oxygen atoms in total. The molecule has 1 atom stereocenters. The normalized spacial score (nSPS) is 11.2. The number of furan rings is 1. The standard InChI is InChI=1S/C24H24N4O6/c25-21(29)12-11-19(28-24(32)34-15-16-6-2-1-3-7-16)22(30)26-17-8-4-9-18(14-17)27-23(31)20-10-5-13-33-20/h1-10,13-14,19H,11-12,15H2,(H2,25,29)(H,26,30)(H,27,31)(H,28,32)/t19-/m0/s1. The Morgan fingerprint density at radius 1 is 0.912 bits per heavy atom. The molecule has 3 aromatic rings. The molecule has 4 amide bonds. The number of nitrogens with one attached hydrogen (secondary N) is 3. The average molecular weight is 464 g/mol. The van der Waals surface area contributed by atoms with E-state index in [1.54, 1.807) is 36.4 Å². The van der Waals surface area contributed by atoms with Crippen LogP contribution in [0.25, 0.3) is 0 Å². The van der Waals surface area contributed by atoms with Gasteiger partial charge in [-0.05, 0) is 42.3 Å². The van der Waals surface area contributed by atoms with E-state index in [-0.39, 0.29) is 25.2 Å². The molecule has 0 radical (unpaired) electrons. The molecule has 0 aliphatic carbocycles. The smallest absolute Gasteiger partial charge is 0.408 e. The van der Waals surface area contributed by atoms with Gasteiger partial charge in [0.25, 0.3) is 5.91 Å². The summed E-state index contributed by atoms with van der Waals surface area (Å²) in [5.74, 6) is -1.50. The molecule has 0 aliphatic rings. The monoisotopic (exact) mass is 464 g/mol. The van der Waals surface area contributed by atoms with E-state index in [4.69, 9.17) is 14.9 Å². The average Bonchev–Trinajstić information content (AvgIpc) is 3.36. The lowest BCUT2D eigenvalue weighted by atomic mass is 10.1. The second-order valence-electron chi connectivity index (χ2n) is 7.27. The number of ether oxygens (including phenoxy) is 1. The zero-order valence-electron chi connectivity index (χ0n) is 18.2. The van der Waals surface area contributed by atoms with E-state index in [9.17, 15) is 19.2 Å². The van der Waals surface area contributed by atoms with E-state index in [1.807, 2.05) is 18.2 Å². The molecule has 0 saturated carbocycles. The van der Waals surface area contributed by atoms with Gasteiger partial charge in [-0.15, -0.1) is 0 Å². The number of rotatable bonds is 10. The first-order chi connectivity index (χ1) is 16.4. The van der Waals surface area contributed by atoms with E-state index in [0.29, 0.717) is 11.4 Å². The van der Waals surface area contributed by atoms with Crippen LogP contribution in [0.4, 0.5) is 16.2 Å². The third-order valence-corrected chi connectivity index (χ3v) is 4.63. The maximum Gasteiger partial charge on any atom is 0.408 e. The highest BCUT2D eigenvalue weighted by atomic mass is 16.5. The summed E-state index contributed by atoms with van der Waals surface area (Å²) in [5.41, 5.74) is 6.77. The zero-order valence-corrected chi connectivity index (χ0v) is 18.2. The fourth-order valence-corrected chi connectivity index (χ4v) is 2.97. The topological polar surface area (TPSA) is 153 Å². The van der Waals surface area contributed by atoms with Gasteiger partial charge in [0.2, 0.25) is 11.8 Å². The van der Waals surface area contributed by atoms with Crippen molar-refractivity contribution in [3.05, 3.63) is 84.3 Å². The minimum absolute atomic E-state index is 0.0173. The van der Waals surface area contributed by atoms with Gasteiger partial charge in [-0.25, -0.2) is 4.79 Å². The number of carbonyl (C=O) groups is 4. The summed E-state index contributed by atoms with van der Waals surface area (Å²) in [5, 5.41) is 7.78. The molecule has 0 bridgehead atoms. The number of anilines is 2. The van der Waals surface area contributed by atoms with Gasteiger partial charge in [0.1, 0.15) is 12.6 Å². The molecule has 10 heteroatoms. The Morgan fingerprint density at radius 2 is 1.65 bits per heavy atom. The molecule has 0 aliphatic heterocycles. The Bertz CT molecular complexity index is 1130. The summed E-state index contributed by atoms with van der Waals surface area (Å²) in [6.45, 7) is 0.0221. The first kappa shape index (κ1) is 24.1. The van der Waals surface area contributed by atoms with Crippen LogP contribution in [0.5, 0.6) is 0 Å². The summed E-state index contributed by atoms with van der Waals surface area (Å²) in [6, 6.07) is 17.5. The summed E-state index contributed by atoms with van der Waals surface area (Å²) >= 11 is 0. The van der Waals surface area contributed by atoms with Crippen LogP contribution < -0.4 is 21.7 Å². The van der Waals surface area contributed by atoms with Crippen LogP contribution in [0, 0.1) is 0 Å². The summed E-state index contributed by atoms with van der Waals surface area (Å²) in [4.78, 5) is 48.4. The van der Waals surface area contributed by atoms with Gasteiger partial charge in [0.05, 0.1) is 6.26 Å². The highest BCUT2D eigenvalue weighted by molar-refractivity contribution is 6.03. The maximum atomic E-state index is 12.8. The number of primary amides is 1. The largest absolute Gasteiger partial charge is 0.459 e. The van der Waals surface area contributed by atoms with Gasteiger partial charge in [-0.2, -0.15) is 0 Å². The summed E-state index contributed by atoms with van der Waals surface area (Å²) in [7, 11) is 0. The summed E-state index contributed by atoms with van der Waals surface area (Å²) in [6.07, 6.45) is 0.440. The molecular formula is C24H24N4O6. The molecule has 0 fully saturated rings. The van der Waals surface area contributed by atoms with Crippen LogP contribution in [0.3, 0.4) is 0 Å². The van der Waals surface area contributed by atoms with Gasteiger partial charge < -0.3 is 30.8 Å². The van der Waals surface area contributed by atoms with Crippen molar-refractivity contribution in [2.24, 2.45) is 5.73 Å². The van der Waals surface area contributed by atoms with E-state index in [1.165, 1.54) is 18.4 Å². The number of alkyl carbamates (subject to hydrolysis) is 1. The van der Waals surface area contributed by atoms with Crippen LogP contribution >= 0.6 is 0 Å². The third-order valence-electron chi connectivity index (χ3n) is 4.63. The SMILES string of the molecule is NC(=O)CC[C@H](NC(=O)OCc1ccccc1)C(=O)Nc1cccc(NC(=O)c2ccco2)c1. The highest BCUT2D eigenvalue weighted by Crippen LogP contribution is 2.17. The Labute approximate surface area is 195 Å². The molecule has 0 unspecified atom stereocenters. The Balaban J connectivity index is 1.61. The van der Waals surface area contributed by atoms with Gasteiger partial charge in [0.15, 0.2) is 5.76 Å². The molecular weight excluding hydrogens is 440 g/mol. The highest BCUT2D eigenvalue weighted by Gasteiger charge is 2.22. The predicted molar refractivity (Wildman–Crippen MR) is 124 cm³/mol. The minimum Gasteiger partial charge on any atom is -0.459 e. The molecule has 1 heterocycles. The van der Waals surface area contributed by atoms with Crippen molar-refractivity contribution in [3.63, 3.8) is 0 Å². The number of benzene rings is 2. The van der Waals surface area contributed by atoms with Crippen molar-refractivity contribution < 1.29 is 28.3 Å².